The lowest BCUT2D eigenvalue weighted by molar-refractivity contribution is -0.144. The zero-order valence-electron chi connectivity index (χ0n) is 10.7. The molecule has 0 radical (unpaired) electrons. The third-order valence-corrected chi connectivity index (χ3v) is 4.22. The van der Waals surface area contributed by atoms with Gasteiger partial charge in [-0.3, -0.25) is 14.5 Å². The topological polar surface area (TPSA) is 37.4 Å². The minimum absolute atomic E-state index is 0.0566. The third kappa shape index (κ3) is 1.67. The van der Waals surface area contributed by atoms with E-state index in [1.165, 1.54) is 4.90 Å². The Kier molecular flexibility index (Phi) is 2.77. The quantitative estimate of drug-likeness (QED) is 0.539. The molecule has 0 N–H and O–H groups in total. The molecule has 0 aromatic rings. The summed E-state index contributed by atoms with van der Waals surface area (Å²) in [5.74, 6) is 2.73. The normalized spacial score (nSPS) is 32.8. The Labute approximate surface area is 103 Å². The molecular formula is C14H19NO2. The van der Waals surface area contributed by atoms with Crippen LogP contribution in [0.4, 0.5) is 0 Å². The standard InChI is InChI=1S/C14H19NO2/c1-5-9-7-10-11(8-9)13(17)15(12(10)16)14(3,4)6-2/h2,9-11H,5,7-8H2,1,3-4H3. The Hall–Kier alpha value is -1.30. The van der Waals surface area contributed by atoms with Gasteiger partial charge in [0.1, 0.15) is 5.54 Å². The molecule has 1 aliphatic carbocycles. The Morgan fingerprint density at radius 2 is 1.76 bits per heavy atom. The molecule has 2 amide bonds. The van der Waals surface area contributed by atoms with Gasteiger partial charge >= 0.3 is 0 Å². The Morgan fingerprint density at radius 1 is 1.29 bits per heavy atom. The molecule has 0 aromatic heterocycles. The van der Waals surface area contributed by atoms with Crippen molar-refractivity contribution in [3.8, 4) is 12.3 Å². The van der Waals surface area contributed by atoms with E-state index in [1.807, 2.05) is 0 Å². The molecule has 2 fully saturated rings. The van der Waals surface area contributed by atoms with Crippen LogP contribution >= 0.6 is 0 Å². The number of fused-ring (bicyclic) bond motifs is 1. The van der Waals surface area contributed by atoms with E-state index in [0.29, 0.717) is 5.92 Å². The molecule has 0 bridgehead atoms. The number of hydrogen-bond donors (Lipinski definition) is 0. The van der Waals surface area contributed by atoms with Crippen LogP contribution in [-0.4, -0.2) is 22.3 Å². The maximum Gasteiger partial charge on any atom is 0.234 e. The molecular weight excluding hydrogens is 214 g/mol. The minimum Gasteiger partial charge on any atom is -0.274 e. The van der Waals surface area contributed by atoms with Gasteiger partial charge in [-0.25, -0.2) is 0 Å². The summed E-state index contributed by atoms with van der Waals surface area (Å²) in [5, 5.41) is 0. The second kappa shape index (κ2) is 3.87. The van der Waals surface area contributed by atoms with Gasteiger partial charge in [0.05, 0.1) is 11.8 Å². The molecule has 1 saturated heterocycles. The lowest BCUT2D eigenvalue weighted by Gasteiger charge is -2.30. The minimum atomic E-state index is -0.791. The average molecular weight is 233 g/mol. The fraction of sp³-hybridized carbons (Fsp3) is 0.714. The van der Waals surface area contributed by atoms with Gasteiger partial charge in [-0.2, -0.15) is 0 Å². The summed E-state index contributed by atoms with van der Waals surface area (Å²) < 4.78 is 0. The van der Waals surface area contributed by atoms with E-state index in [9.17, 15) is 9.59 Å². The van der Waals surface area contributed by atoms with Crippen LogP contribution < -0.4 is 0 Å². The van der Waals surface area contributed by atoms with Crippen molar-refractivity contribution >= 4 is 11.8 Å². The molecule has 1 heterocycles. The fourth-order valence-electron chi connectivity index (χ4n) is 3.08. The predicted octanol–water partition coefficient (Wildman–Crippen LogP) is 1.82. The second-order valence-electron chi connectivity index (χ2n) is 5.67. The van der Waals surface area contributed by atoms with Gasteiger partial charge in [-0.05, 0) is 32.6 Å². The first-order valence-electron chi connectivity index (χ1n) is 6.28. The van der Waals surface area contributed by atoms with Crippen LogP contribution in [-0.2, 0) is 9.59 Å². The largest absolute Gasteiger partial charge is 0.274 e. The summed E-state index contributed by atoms with van der Waals surface area (Å²) in [5.41, 5.74) is -0.791. The summed E-state index contributed by atoms with van der Waals surface area (Å²) in [4.78, 5) is 25.9. The van der Waals surface area contributed by atoms with Crippen LogP contribution in [0.15, 0.2) is 0 Å². The lowest BCUT2D eigenvalue weighted by atomic mass is 10.00. The van der Waals surface area contributed by atoms with Gasteiger partial charge < -0.3 is 0 Å². The maximum absolute atomic E-state index is 12.3. The monoisotopic (exact) mass is 233 g/mol. The third-order valence-electron chi connectivity index (χ3n) is 4.22. The van der Waals surface area contributed by atoms with E-state index in [0.717, 1.165) is 19.3 Å². The van der Waals surface area contributed by atoms with Gasteiger partial charge in [0.15, 0.2) is 0 Å². The number of carbonyl (C=O) groups is 2. The van der Waals surface area contributed by atoms with Crippen molar-refractivity contribution in [3.63, 3.8) is 0 Å². The first-order valence-corrected chi connectivity index (χ1v) is 6.28. The molecule has 0 aromatic carbocycles. The highest BCUT2D eigenvalue weighted by Crippen LogP contribution is 2.45. The van der Waals surface area contributed by atoms with Gasteiger partial charge in [0.2, 0.25) is 11.8 Å². The smallest absolute Gasteiger partial charge is 0.234 e. The number of hydrogen-bond acceptors (Lipinski definition) is 2. The highest BCUT2D eigenvalue weighted by molar-refractivity contribution is 6.06. The van der Waals surface area contributed by atoms with Gasteiger partial charge in [0, 0.05) is 0 Å². The molecule has 2 aliphatic rings. The van der Waals surface area contributed by atoms with Crippen molar-refractivity contribution in [1.29, 1.82) is 0 Å². The number of nitrogens with zero attached hydrogens (tertiary/aromatic N) is 1. The molecule has 1 aliphatic heterocycles. The number of amides is 2. The zero-order chi connectivity index (χ0) is 12.8. The van der Waals surface area contributed by atoms with Crippen molar-refractivity contribution in [1.82, 2.24) is 4.90 Å². The van der Waals surface area contributed by atoms with Crippen LogP contribution in [0, 0.1) is 30.1 Å². The fourth-order valence-corrected chi connectivity index (χ4v) is 3.08. The van der Waals surface area contributed by atoms with E-state index in [-0.39, 0.29) is 23.7 Å². The van der Waals surface area contributed by atoms with Crippen LogP contribution in [0.5, 0.6) is 0 Å². The Morgan fingerprint density at radius 3 is 2.12 bits per heavy atom. The molecule has 3 nitrogen and oxygen atoms in total. The SMILES string of the molecule is C#CC(C)(C)N1C(=O)C2CC(CC)CC2C1=O. The zero-order valence-corrected chi connectivity index (χ0v) is 10.7. The van der Waals surface area contributed by atoms with Crippen molar-refractivity contribution in [2.24, 2.45) is 17.8 Å². The van der Waals surface area contributed by atoms with Crippen LogP contribution in [0.2, 0.25) is 0 Å². The lowest BCUT2D eigenvalue weighted by Crippen LogP contribution is -2.47. The number of rotatable bonds is 2. The number of imide groups is 1. The Bertz CT molecular complexity index is 381. The summed E-state index contributed by atoms with van der Waals surface area (Å²) in [6, 6.07) is 0. The van der Waals surface area contributed by atoms with E-state index in [4.69, 9.17) is 6.42 Å². The van der Waals surface area contributed by atoms with Crippen molar-refractivity contribution in [2.75, 3.05) is 0 Å². The Balaban J connectivity index is 2.26. The number of likely N-dealkylation sites (tertiary alicyclic amines) is 1. The summed E-state index contributed by atoms with van der Waals surface area (Å²) in [6.45, 7) is 5.62. The van der Waals surface area contributed by atoms with Crippen LogP contribution in [0.1, 0.15) is 40.0 Å². The first kappa shape index (κ1) is 12.2. The molecule has 1 saturated carbocycles. The average Bonchev–Trinajstić information content (AvgIpc) is 2.80. The van der Waals surface area contributed by atoms with Crippen LogP contribution in [0.25, 0.3) is 0 Å². The summed E-state index contributed by atoms with van der Waals surface area (Å²) in [7, 11) is 0. The molecule has 2 unspecified atom stereocenters. The van der Waals surface area contributed by atoms with E-state index in [1.54, 1.807) is 13.8 Å². The summed E-state index contributed by atoms with van der Waals surface area (Å²) in [6.07, 6.45) is 8.17. The van der Waals surface area contributed by atoms with Gasteiger partial charge in [-0.15, -0.1) is 6.42 Å². The molecule has 92 valence electrons. The highest BCUT2D eigenvalue weighted by atomic mass is 16.2. The van der Waals surface area contributed by atoms with E-state index >= 15 is 0 Å². The van der Waals surface area contributed by atoms with E-state index in [2.05, 4.69) is 12.8 Å². The summed E-state index contributed by atoms with van der Waals surface area (Å²) >= 11 is 0. The number of carbonyl (C=O) groups excluding carboxylic acids is 2. The van der Waals surface area contributed by atoms with Crippen molar-refractivity contribution in [2.45, 2.75) is 45.6 Å². The van der Waals surface area contributed by atoms with Crippen molar-refractivity contribution in [3.05, 3.63) is 0 Å². The molecule has 17 heavy (non-hydrogen) atoms. The predicted molar refractivity (Wildman–Crippen MR) is 64.8 cm³/mol. The molecule has 3 heteroatoms. The van der Waals surface area contributed by atoms with Gasteiger partial charge in [-0.1, -0.05) is 19.3 Å². The van der Waals surface area contributed by atoms with Crippen molar-refractivity contribution < 1.29 is 9.59 Å². The maximum atomic E-state index is 12.3. The number of terminal acetylenes is 1. The van der Waals surface area contributed by atoms with Gasteiger partial charge in [0.25, 0.3) is 0 Å². The second-order valence-corrected chi connectivity index (χ2v) is 5.67. The molecule has 2 rings (SSSR count). The van der Waals surface area contributed by atoms with E-state index < -0.39 is 5.54 Å². The molecule has 0 spiro atoms. The molecule has 2 atom stereocenters. The highest BCUT2D eigenvalue weighted by Gasteiger charge is 2.55. The van der Waals surface area contributed by atoms with Crippen LogP contribution in [0.3, 0.4) is 0 Å². The first-order chi connectivity index (χ1) is 7.92.